The van der Waals surface area contributed by atoms with Gasteiger partial charge in [-0.1, -0.05) is 35.3 Å². The summed E-state index contributed by atoms with van der Waals surface area (Å²) in [5.41, 5.74) is 2.52. The number of fused-ring (bicyclic) bond motifs is 1. The van der Waals surface area contributed by atoms with E-state index >= 15 is 0 Å². The summed E-state index contributed by atoms with van der Waals surface area (Å²) in [4.78, 5) is 22.3. The zero-order valence-corrected chi connectivity index (χ0v) is 17.6. The predicted octanol–water partition coefficient (Wildman–Crippen LogP) is 4.80. The highest BCUT2D eigenvalue weighted by Crippen LogP contribution is 2.35. The normalized spacial score (nSPS) is 13.1. The standard InChI is InChI=1S/C14H12Cl2N2O.2C2HF3O2/c15-10-2-1-3-11(16)13(10)12-5-4-9-8-17-6-7-19-14(9)18-12;2*3-2(4,5)1(6)7/h1-5,17H,6-8H2;2*(H,6,7). The second-order valence-corrected chi connectivity index (χ2v) is 6.70. The van der Waals surface area contributed by atoms with E-state index in [1.807, 2.05) is 18.2 Å². The molecule has 0 radical (unpaired) electrons. The van der Waals surface area contributed by atoms with Crippen molar-refractivity contribution in [3.8, 4) is 17.1 Å². The first kappa shape index (κ1) is 28.3. The molecule has 2 heterocycles. The summed E-state index contributed by atoms with van der Waals surface area (Å²) < 4.78 is 69.1. The predicted molar refractivity (Wildman–Crippen MR) is 104 cm³/mol. The van der Waals surface area contributed by atoms with Crippen LogP contribution in [0, 0.1) is 0 Å². The summed E-state index contributed by atoms with van der Waals surface area (Å²) in [6, 6.07) is 9.34. The van der Waals surface area contributed by atoms with Crippen molar-refractivity contribution in [2.75, 3.05) is 13.2 Å². The number of carbonyl (C=O) groups is 2. The minimum absolute atomic E-state index is 0.590. The van der Waals surface area contributed by atoms with Crippen molar-refractivity contribution in [1.82, 2.24) is 10.3 Å². The smallest absolute Gasteiger partial charge is 0.476 e. The lowest BCUT2D eigenvalue weighted by atomic mass is 10.1. The zero-order valence-electron chi connectivity index (χ0n) is 16.1. The van der Waals surface area contributed by atoms with Crippen molar-refractivity contribution in [2.24, 2.45) is 0 Å². The van der Waals surface area contributed by atoms with E-state index in [0.717, 1.165) is 29.9 Å². The van der Waals surface area contributed by atoms with Gasteiger partial charge in [-0.2, -0.15) is 26.3 Å². The summed E-state index contributed by atoms with van der Waals surface area (Å²) in [5.74, 6) is -4.86. The molecule has 3 N–H and O–H groups in total. The van der Waals surface area contributed by atoms with E-state index in [4.69, 9.17) is 47.7 Å². The first-order valence-corrected chi connectivity index (χ1v) is 9.28. The maximum absolute atomic E-state index is 10.6. The van der Waals surface area contributed by atoms with E-state index < -0.39 is 24.3 Å². The van der Waals surface area contributed by atoms with E-state index in [2.05, 4.69) is 10.3 Å². The summed E-state index contributed by atoms with van der Waals surface area (Å²) in [7, 11) is 0. The van der Waals surface area contributed by atoms with Crippen LogP contribution in [0.4, 0.5) is 26.3 Å². The van der Waals surface area contributed by atoms with Crippen LogP contribution < -0.4 is 10.1 Å². The molecule has 2 aromatic rings. The summed E-state index contributed by atoms with van der Waals surface area (Å²) in [5, 5.41) is 18.7. The minimum atomic E-state index is -5.08. The molecule has 33 heavy (non-hydrogen) atoms. The van der Waals surface area contributed by atoms with E-state index in [1.165, 1.54) is 0 Å². The minimum Gasteiger partial charge on any atom is -0.476 e. The molecule has 0 saturated carbocycles. The fourth-order valence-corrected chi connectivity index (χ4v) is 2.64. The van der Waals surface area contributed by atoms with Crippen LogP contribution in [0.5, 0.6) is 5.88 Å². The van der Waals surface area contributed by atoms with Crippen molar-refractivity contribution in [2.45, 2.75) is 18.9 Å². The number of rotatable bonds is 1. The van der Waals surface area contributed by atoms with Gasteiger partial charge in [0, 0.05) is 24.2 Å². The van der Waals surface area contributed by atoms with Gasteiger partial charge in [-0.25, -0.2) is 14.6 Å². The van der Waals surface area contributed by atoms with Gasteiger partial charge in [0.25, 0.3) is 0 Å². The molecular weight excluding hydrogens is 509 g/mol. The van der Waals surface area contributed by atoms with Gasteiger partial charge in [-0.05, 0) is 18.2 Å². The van der Waals surface area contributed by atoms with E-state index in [1.54, 1.807) is 12.1 Å². The van der Waals surface area contributed by atoms with Crippen LogP contribution in [0.25, 0.3) is 11.3 Å². The number of alkyl halides is 6. The topological polar surface area (TPSA) is 109 Å². The summed E-state index contributed by atoms with van der Waals surface area (Å²) in [6.45, 7) is 2.19. The number of carboxylic acids is 2. The molecule has 182 valence electrons. The van der Waals surface area contributed by atoms with Gasteiger partial charge in [0.1, 0.15) is 6.61 Å². The fourth-order valence-electron chi connectivity index (χ4n) is 2.05. The Bertz CT molecular complexity index is 942. The van der Waals surface area contributed by atoms with Gasteiger partial charge in [0.2, 0.25) is 5.88 Å². The highest BCUT2D eigenvalue weighted by atomic mass is 35.5. The first-order chi connectivity index (χ1) is 15.1. The Hall–Kier alpha value is -2.77. The lowest BCUT2D eigenvalue weighted by molar-refractivity contribution is -0.193. The molecule has 3 rings (SSSR count). The number of nitrogens with zero attached hydrogens (tertiary/aromatic N) is 1. The molecule has 0 unspecified atom stereocenters. The molecule has 1 aliphatic heterocycles. The van der Waals surface area contributed by atoms with Gasteiger partial charge < -0.3 is 20.3 Å². The van der Waals surface area contributed by atoms with Gasteiger partial charge >= 0.3 is 24.3 Å². The second kappa shape index (κ2) is 11.9. The molecule has 0 bridgehead atoms. The van der Waals surface area contributed by atoms with Crippen molar-refractivity contribution in [3.05, 3.63) is 45.9 Å². The molecular formula is C18H14Cl2F6N2O5. The third kappa shape index (κ3) is 9.32. The molecule has 0 fully saturated rings. The van der Waals surface area contributed by atoms with Crippen LogP contribution in [0.3, 0.4) is 0 Å². The van der Waals surface area contributed by atoms with Gasteiger partial charge in [0.05, 0.1) is 15.7 Å². The molecule has 1 aliphatic rings. The lowest BCUT2D eigenvalue weighted by Gasteiger charge is -2.10. The maximum atomic E-state index is 10.6. The second-order valence-electron chi connectivity index (χ2n) is 5.89. The number of hydrogen-bond donors (Lipinski definition) is 3. The Morgan fingerprint density at radius 1 is 0.939 bits per heavy atom. The zero-order chi connectivity index (χ0) is 25.4. The van der Waals surface area contributed by atoms with Gasteiger partial charge in [-0.3, -0.25) is 0 Å². The highest BCUT2D eigenvalue weighted by molar-refractivity contribution is 6.39. The van der Waals surface area contributed by atoms with Crippen LogP contribution in [0.15, 0.2) is 30.3 Å². The number of aromatic nitrogens is 1. The summed E-state index contributed by atoms with van der Waals surface area (Å²) in [6.07, 6.45) is -10.2. The van der Waals surface area contributed by atoms with Crippen molar-refractivity contribution in [1.29, 1.82) is 0 Å². The van der Waals surface area contributed by atoms with Gasteiger partial charge in [0.15, 0.2) is 0 Å². The Labute approximate surface area is 191 Å². The quantitative estimate of drug-likeness (QED) is 0.461. The monoisotopic (exact) mass is 522 g/mol. The Morgan fingerprint density at radius 3 is 1.88 bits per heavy atom. The Kier molecular flexibility index (Phi) is 10.2. The SMILES string of the molecule is Clc1cccc(Cl)c1-c1ccc2c(n1)OCCNC2.O=C(O)C(F)(F)F.O=C(O)C(F)(F)F. The summed E-state index contributed by atoms with van der Waals surface area (Å²) >= 11 is 12.4. The van der Waals surface area contributed by atoms with Crippen LogP contribution in [0.2, 0.25) is 10.0 Å². The average Bonchev–Trinajstić information content (AvgIpc) is 2.92. The molecule has 0 amide bonds. The number of hydrogen-bond acceptors (Lipinski definition) is 5. The lowest BCUT2D eigenvalue weighted by Crippen LogP contribution is -2.21. The average molecular weight is 523 g/mol. The molecule has 0 spiro atoms. The van der Waals surface area contributed by atoms with E-state index in [-0.39, 0.29) is 0 Å². The maximum Gasteiger partial charge on any atom is 0.490 e. The Balaban J connectivity index is 0.000000324. The molecule has 0 saturated heterocycles. The largest absolute Gasteiger partial charge is 0.490 e. The molecule has 15 heteroatoms. The van der Waals surface area contributed by atoms with Crippen LogP contribution in [-0.4, -0.2) is 52.6 Å². The first-order valence-electron chi connectivity index (χ1n) is 8.52. The van der Waals surface area contributed by atoms with Crippen LogP contribution >= 0.6 is 23.2 Å². The molecule has 1 aromatic heterocycles. The highest BCUT2D eigenvalue weighted by Gasteiger charge is 2.38. The number of carboxylic acid groups (broad SMARTS) is 2. The molecule has 1 aromatic carbocycles. The number of ether oxygens (including phenoxy) is 1. The number of nitrogens with one attached hydrogen (secondary N) is 1. The molecule has 0 aliphatic carbocycles. The van der Waals surface area contributed by atoms with Crippen molar-refractivity contribution >= 4 is 35.1 Å². The molecule has 0 atom stereocenters. The number of benzene rings is 1. The molecule has 7 nitrogen and oxygen atoms in total. The van der Waals surface area contributed by atoms with Crippen LogP contribution in [0.1, 0.15) is 5.56 Å². The van der Waals surface area contributed by atoms with E-state index in [9.17, 15) is 26.3 Å². The van der Waals surface area contributed by atoms with Gasteiger partial charge in [-0.15, -0.1) is 0 Å². The van der Waals surface area contributed by atoms with E-state index in [0.29, 0.717) is 22.5 Å². The van der Waals surface area contributed by atoms with Crippen molar-refractivity contribution in [3.63, 3.8) is 0 Å². The fraction of sp³-hybridized carbons (Fsp3) is 0.278. The Morgan fingerprint density at radius 2 is 1.42 bits per heavy atom. The number of pyridine rings is 1. The third-order valence-corrected chi connectivity index (χ3v) is 4.11. The third-order valence-electron chi connectivity index (χ3n) is 3.48. The van der Waals surface area contributed by atoms with Crippen LogP contribution in [-0.2, 0) is 16.1 Å². The van der Waals surface area contributed by atoms with Crippen molar-refractivity contribution < 1.29 is 50.9 Å². The number of aliphatic carboxylic acids is 2. The number of halogens is 8.